The predicted octanol–water partition coefficient (Wildman–Crippen LogP) is 5.89. The maximum atomic E-state index is 13.1. The highest BCUT2D eigenvalue weighted by Crippen LogP contribution is 2.54. The van der Waals surface area contributed by atoms with Gasteiger partial charge in [-0.1, -0.05) is 45.8 Å². The minimum atomic E-state index is -1.90. The fourth-order valence-electron chi connectivity index (χ4n) is 5.23. The van der Waals surface area contributed by atoms with Crippen molar-refractivity contribution < 1.29 is 23.5 Å². The van der Waals surface area contributed by atoms with Crippen molar-refractivity contribution in [1.82, 2.24) is 0 Å². The van der Waals surface area contributed by atoms with Crippen molar-refractivity contribution in [2.45, 2.75) is 96.9 Å². The molecular formula is C25H44O5Si. The van der Waals surface area contributed by atoms with Crippen LogP contribution in [0.1, 0.15) is 72.6 Å². The summed E-state index contributed by atoms with van der Waals surface area (Å²) in [6.45, 7) is 13.6. The van der Waals surface area contributed by atoms with Crippen molar-refractivity contribution in [2.24, 2.45) is 23.2 Å². The smallest absolute Gasteiger partial charge is 0.312 e. The summed E-state index contributed by atoms with van der Waals surface area (Å²) in [6, 6.07) is 0. The molecule has 0 aliphatic heterocycles. The van der Waals surface area contributed by atoms with E-state index in [0.717, 1.165) is 38.5 Å². The SMILES string of the molecule is COC(=O)CCCCC1C=CC2C(O[Si](C)(C)C(C)(C)C)CCCC2C1(C)C(=O)OC. The van der Waals surface area contributed by atoms with Gasteiger partial charge in [-0.25, -0.2) is 0 Å². The lowest BCUT2D eigenvalue weighted by Crippen LogP contribution is -2.54. The maximum Gasteiger partial charge on any atom is 0.312 e. The minimum Gasteiger partial charge on any atom is -0.469 e. The summed E-state index contributed by atoms with van der Waals surface area (Å²) in [4.78, 5) is 24.6. The first-order chi connectivity index (χ1) is 14.4. The van der Waals surface area contributed by atoms with Crippen molar-refractivity contribution >= 4 is 20.3 Å². The monoisotopic (exact) mass is 452 g/mol. The van der Waals surface area contributed by atoms with E-state index in [9.17, 15) is 9.59 Å². The van der Waals surface area contributed by atoms with Gasteiger partial charge in [-0.2, -0.15) is 0 Å². The van der Waals surface area contributed by atoms with Crippen LogP contribution in [0.4, 0.5) is 0 Å². The number of carbonyl (C=O) groups excluding carboxylic acids is 2. The van der Waals surface area contributed by atoms with Crippen molar-refractivity contribution in [3.05, 3.63) is 12.2 Å². The molecular weight excluding hydrogens is 408 g/mol. The first-order valence-corrected chi connectivity index (χ1v) is 14.8. The van der Waals surface area contributed by atoms with Crippen LogP contribution in [0.25, 0.3) is 0 Å². The van der Waals surface area contributed by atoms with Gasteiger partial charge in [0.05, 0.1) is 25.7 Å². The van der Waals surface area contributed by atoms with Crippen LogP contribution in [0.5, 0.6) is 0 Å². The second kappa shape index (κ2) is 10.2. The number of methoxy groups -OCH3 is 2. The summed E-state index contributed by atoms with van der Waals surface area (Å²) < 4.78 is 17.0. The van der Waals surface area contributed by atoms with Crippen LogP contribution in [0, 0.1) is 23.2 Å². The molecule has 0 aromatic carbocycles. The molecule has 1 fully saturated rings. The van der Waals surface area contributed by atoms with Crippen LogP contribution in [0.2, 0.25) is 18.1 Å². The Morgan fingerprint density at radius 2 is 1.74 bits per heavy atom. The summed E-state index contributed by atoms with van der Waals surface area (Å²) in [6.07, 6.45) is 10.9. The summed E-state index contributed by atoms with van der Waals surface area (Å²) in [5, 5.41) is 0.159. The van der Waals surface area contributed by atoms with Gasteiger partial charge < -0.3 is 13.9 Å². The molecule has 5 atom stereocenters. The third-order valence-electron chi connectivity index (χ3n) is 8.25. The summed E-state index contributed by atoms with van der Waals surface area (Å²) in [5.41, 5.74) is -0.561. The normalized spacial score (nSPS) is 31.1. The van der Waals surface area contributed by atoms with Gasteiger partial charge >= 0.3 is 11.9 Å². The van der Waals surface area contributed by atoms with Gasteiger partial charge in [0.25, 0.3) is 0 Å². The van der Waals surface area contributed by atoms with E-state index < -0.39 is 13.7 Å². The average molecular weight is 453 g/mol. The molecule has 0 aromatic heterocycles. The number of hydrogen-bond acceptors (Lipinski definition) is 5. The Hall–Kier alpha value is -1.14. The van der Waals surface area contributed by atoms with Crippen molar-refractivity contribution in [2.75, 3.05) is 14.2 Å². The number of esters is 2. The second-order valence-electron chi connectivity index (χ2n) is 11.1. The third-order valence-corrected chi connectivity index (χ3v) is 12.8. The molecule has 6 heteroatoms. The van der Waals surface area contributed by atoms with Gasteiger partial charge in [0.1, 0.15) is 0 Å². The van der Waals surface area contributed by atoms with Gasteiger partial charge in [0.15, 0.2) is 8.32 Å². The number of unbranched alkanes of at least 4 members (excludes halogenated alkanes) is 1. The first kappa shape index (κ1) is 26.1. The van der Waals surface area contributed by atoms with E-state index in [1.165, 1.54) is 14.2 Å². The van der Waals surface area contributed by atoms with Crippen molar-refractivity contribution in [3.63, 3.8) is 0 Å². The lowest BCUT2D eigenvalue weighted by Gasteiger charge is -2.52. The Morgan fingerprint density at radius 1 is 1.06 bits per heavy atom. The Labute approximate surface area is 190 Å². The van der Waals surface area contributed by atoms with Crippen LogP contribution in [0.3, 0.4) is 0 Å². The van der Waals surface area contributed by atoms with E-state index in [1.807, 2.05) is 0 Å². The lowest BCUT2D eigenvalue weighted by atomic mass is 9.55. The zero-order chi connectivity index (χ0) is 23.4. The predicted molar refractivity (Wildman–Crippen MR) is 126 cm³/mol. The van der Waals surface area contributed by atoms with E-state index in [1.54, 1.807) is 0 Å². The number of allylic oxidation sites excluding steroid dienone is 1. The molecule has 0 amide bonds. The molecule has 2 rings (SSSR count). The molecule has 0 heterocycles. The topological polar surface area (TPSA) is 61.8 Å². The zero-order valence-corrected chi connectivity index (χ0v) is 22.0. The molecule has 0 N–H and O–H groups in total. The molecule has 2 aliphatic rings. The summed E-state index contributed by atoms with van der Waals surface area (Å²) in [7, 11) is 1.02. The molecule has 0 aromatic rings. The molecule has 5 unspecified atom stereocenters. The van der Waals surface area contributed by atoms with E-state index in [4.69, 9.17) is 13.9 Å². The van der Waals surface area contributed by atoms with Crippen molar-refractivity contribution in [1.29, 1.82) is 0 Å². The molecule has 1 saturated carbocycles. The number of hydrogen-bond donors (Lipinski definition) is 0. The number of ether oxygens (including phenoxy) is 2. The van der Waals surface area contributed by atoms with E-state index in [0.29, 0.717) is 6.42 Å². The quantitative estimate of drug-likeness (QED) is 0.199. The third kappa shape index (κ3) is 5.62. The fraction of sp³-hybridized carbons (Fsp3) is 0.840. The minimum absolute atomic E-state index is 0.113. The molecule has 0 saturated heterocycles. The molecule has 2 aliphatic carbocycles. The fourth-order valence-corrected chi connectivity index (χ4v) is 6.61. The van der Waals surface area contributed by atoms with E-state index in [-0.39, 0.29) is 40.8 Å². The van der Waals surface area contributed by atoms with Crippen LogP contribution >= 0.6 is 0 Å². The second-order valence-corrected chi connectivity index (χ2v) is 15.9. The van der Waals surface area contributed by atoms with Gasteiger partial charge in [0, 0.05) is 12.3 Å². The molecule has 31 heavy (non-hydrogen) atoms. The maximum absolute atomic E-state index is 13.1. The van der Waals surface area contributed by atoms with Crippen LogP contribution in [0.15, 0.2) is 12.2 Å². The van der Waals surface area contributed by atoms with Crippen molar-refractivity contribution in [3.8, 4) is 0 Å². The Balaban J connectivity index is 2.23. The van der Waals surface area contributed by atoms with Crippen LogP contribution in [-0.4, -0.2) is 40.6 Å². The molecule has 5 nitrogen and oxygen atoms in total. The first-order valence-electron chi connectivity index (χ1n) is 11.9. The Kier molecular flexibility index (Phi) is 8.59. The van der Waals surface area contributed by atoms with E-state index in [2.05, 4.69) is 52.9 Å². The molecule has 0 radical (unpaired) electrons. The highest BCUT2D eigenvalue weighted by molar-refractivity contribution is 6.74. The highest BCUT2D eigenvalue weighted by atomic mass is 28.4. The molecule has 0 spiro atoms. The van der Waals surface area contributed by atoms with Crippen LogP contribution < -0.4 is 0 Å². The molecule has 178 valence electrons. The Morgan fingerprint density at radius 3 is 2.32 bits per heavy atom. The van der Waals surface area contributed by atoms with Gasteiger partial charge in [-0.3, -0.25) is 9.59 Å². The number of carbonyl (C=O) groups is 2. The number of fused-ring (bicyclic) bond motifs is 1. The number of rotatable bonds is 8. The lowest BCUT2D eigenvalue weighted by molar-refractivity contribution is -0.164. The van der Waals surface area contributed by atoms with Gasteiger partial charge in [0.2, 0.25) is 0 Å². The Bertz CT molecular complexity index is 665. The summed E-state index contributed by atoms with van der Waals surface area (Å²) >= 11 is 0. The summed E-state index contributed by atoms with van der Waals surface area (Å²) in [5.74, 6) is 0.300. The standard InChI is InChI=1S/C25H44O5Si/c1-24(2,3)31(7,8)30-21-14-11-13-20-19(21)17-16-18(25(20,4)23(27)29-6)12-9-10-15-22(26)28-5/h16-21H,9-15H2,1-8H3. The zero-order valence-electron chi connectivity index (χ0n) is 21.0. The van der Waals surface area contributed by atoms with Gasteiger partial charge in [-0.15, -0.1) is 0 Å². The largest absolute Gasteiger partial charge is 0.469 e. The highest BCUT2D eigenvalue weighted by Gasteiger charge is 2.55. The molecule has 0 bridgehead atoms. The van der Waals surface area contributed by atoms with Gasteiger partial charge in [-0.05, 0) is 62.6 Å². The van der Waals surface area contributed by atoms with Crippen LogP contribution in [-0.2, 0) is 23.5 Å². The van der Waals surface area contributed by atoms with E-state index >= 15 is 0 Å². The average Bonchev–Trinajstić information content (AvgIpc) is 2.71.